The van der Waals surface area contributed by atoms with E-state index in [4.69, 9.17) is 27.2 Å². The predicted octanol–water partition coefficient (Wildman–Crippen LogP) is 1.00. The van der Waals surface area contributed by atoms with Crippen molar-refractivity contribution < 1.29 is 24.2 Å². The quantitative estimate of drug-likeness (QED) is 0.746. The number of rotatable bonds is 5. The molecule has 0 saturated heterocycles. The summed E-state index contributed by atoms with van der Waals surface area (Å²) in [6, 6.07) is 3.08. The summed E-state index contributed by atoms with van der Waals surface area (Å²) < 4.78 is 5.15. The third kappa shape index (κ3) is 4.84. The molecule has 1 aromatic rings. The van der Waals surface area contributed by atoms with Crippen molar-refractivity contribution in [1.82, 2.24) is 5.32 Å². The van der Waals surface area contributed by atoms with Gasteiger partial charge < -0.3 is 15.6 Å². The lowest BCUT2D eigenvalue weighted by Gasteiger charge is -2.09. The smallest absolute Gasteiger partial charge is 0.339 e. The Hall–Kier alpha value is -2.28. The SMILES string of the molecule is NC(=O)NC(=O)CCOc1cc(Cl)ccc1C(=O)O. The minimum Gasteiger partial charge on any atom is -0.492 e. The molecule has 0 fully saturated rings. The monoisotopic (exact) mass is 286 g/mol. The molecule has 3 amide bonds. The van der Waals surface area contributed by atoms with E-state index in [2.05, 4.69) is 0 Å². The molecule has 0 aliphatic heterocycles. The number of halogens is 1. The van der Waals surface area contributed by atoms with Gasteiger partial charge in [0.15, 0.2) is 0 Å². The number of carbonyl (C=O) groups excluding carboxylic acids is 2. The number of carboxylic acid groups (broad SMARTS) is 1. The molecule has 0 aliphatic carbocycles. The molecule has 0 bridgehead atoms. The standard InChI is InChI=1S/C11H11ClN2O5/c12-6-1-2-7(10(16)17)8(5-6)19-4-3-9(15)14-11(13)18/h1-2,5H,3-4H2,(H,16,17)(H3,13,14,15,18). The predicted molar refractivity (Wildman–Crippen MR) is 66.2 cm³/mol. The molecule has 0 spiro atoms. The van der Waals surface area contributed by atoms with E-state index in [9.17, 15) is 14.4 Å². The Bertz CT molecular complexity index is 518. The lowest BCUT2D eigenvalue weighted by Crippen LogP contribution is -2.35. The summed E-state index contributed by atoms with van der Waals surface area (Å²) in [7, 11) is 0. The van der Waals surface area contributed by atoms with E-state index in [1.165, 1.54) is 18.2 Å². The molecule has 0 aromatic heterocycles. The van der Waals surface area contributed by atoms with Gasteiger partial charge in [0.05, 0.1) is 13.0 Å². The molecule has 1 aromatic carbocycles. The van der Waals surface area contributed by atoms with E-state index in [1.807, 2.05) is 5.32 Å². The fourth-order valence-electron chi connectivity index (χ4n) is 1.25. The maximum atomic E-state index is 11.1. The van der Waals surface area contributed by atoms with Crippen molar-refractivity contribution >= 4 is 29.5 Å². The second-order valence-corrected chi connectivity index (χ2v) is 3.89. The van der Waals surface area contributed by atoms with Crippen molar-refractivity contribution in [2.45, 2.75) is 6.42 Å². The van der Waals surface area contributed by atoms with E-state index >= 15 is 0 Å². The molecule has 0 heterocycles. The van der Waals surface area contributed by atoms with E-state index in [0.717, 1.165) is 0 Å². The van der Waals surface area contributed by atoms with Gasteiger partial charge in [-0.25, -0.2) is 9.59 Å². The summed E-state index contributed by atoms with van der Waals surface area (Å²) in [4.78, 5) is 32.4. The van der Waals surface area contributed by atoms with Crippen LogP contribution in [0.2, 0.25) is 5.02 Å². The maximum Gasteiger partial charge on any atom is 0.339 e. The molecule has 19 heavy (non-hydrogen) atoms. The van der Waals surface area contributed by atoms with Crippen LogP contribution in [0, 0.1) is 0 Å². The number of nitrogens with one attached hydrogen (secondary N) is 1. The van der Waals surface area contributed by atoms with Crippen molar-refractivity contribution in [3.63, 3.8) is 0 Å². The van der Waals surface area contributed by atoms with Gasteiger partial charge in [0, 0.05) is 5.02 Å². The summed E-state index contributed by atoms with van der Waals surface area (Å²) in [5, 5.41) is 11.1. The van der Waals surface area contributed by atoms with Gasteiger partial charge in [-0.2, -0.15) is 0 Å². The fraction of sp³-hybridized carbons (Fsp3) is 0.182. The molecule has 102 valence electrons. The number of carboxylic acids is 1. The first-order valence-electron chi connectivity index (χ1n) is 5.15. The van der Waals surface area contributed by atoms with E-state index in [-0.39, 0.29) is 24.3 Å². The number of benzene rings is 1. The van der Waals surface area contributed by atoms with Gasteiger partial charge in [-0.1, -0.05) is 11.6 Å². The van der Waals surface area contributed by atoms with Gasteiger partial charge in [0.2, 0.25) is 5.91 Å². The molecule has 0 atom stereocenters. The lowest BCUT2D eigenvalue weighted by molar-refractivity contribution is -0.120. The lowest BCUT2D eigenvalue weighted by atomic mass is 10.2. The van der Waals surface area contributed by atoms with E-state index < -0.39 is 17.9 Å². The first kappa shape index (κ1) is 14.8. The number of hydrogen-bond acceptors (Lipinski definition) is 4. The maximum absolute atomic E-state index is 11.1. The van der Waals surface area contributed by atoms with Crippen LogP contribution >= 0.6 is 11.6 Å². The second kappa shape index (κ2) is 6.60. The Morgan fingerprint density at radius 1 is 1.37 bits per heavy atom. The van der Waals surface area contributed by atoms with Crippen molar-refractivity contribution in [2.75, 3.05) is 6.61 Å². The van der Waals surface area contributed by atoms with Gasteiger partial charge in [-0.05, 0) is 18.2 Å². The first-order chi connectivity index (χ1) is 8.90. The minimum atomic E-state index is -1.17. The number of aromatic carboxylic acids is 1. The molecular formula is C11H11ClN2O5. The minimum absolute atomic E-state index is 0.0480. The average molecular weight is 287 g/mol. The average Bonchev–Trinajstić information content (AvgIpc) is 2.27. The highest BCUT2D eigenvalue weighted by molar-refractivity contribution is 6.30. The van der Waals surface area contributed by atoms with Gasteiger partial charge in [-0.15, -0.1) is 0 Å². The number of urea groups is 1. The Morgan fingerprint density at radius 3 is 2.63 bits per heavy atom. The van der Waals surface area contributed by atoms with Gasteiger partial charge >= 0.3 is 12.0 Å². The third-order valence-corrected chi connectivity index (χ3v) is 2.26. The Labute approximate surface area is 113 Å². The summed E-state index contributed by atoms with van der Waals surface area (Å²) in [6.07, 6.45) is -0.144. The Balaban J connectivity index is 2.62. The van der Waals surface area contributed by atoms with Crippen LogP contribution in [-0.2, 0) is 4.79 Å². The highest BCUT2D eigenvalue weighted by atomic mass is 35.5. The van der Waals surface area contributed by atoms with Crippen LogP contribution in [0.25, 0.3) is 0 Å². The highest BCUT2D eigenvalue weighted by Crippen LogP contribution is 2.23. The normalized spacial score (nSPS) is 9.74. The van der Waals surface area contributed by atoms with E-state index in [0.29, 0.717) is 5.02 Å². The zero-order valence-corrected chi connectivity index (χ0v) is 10.4. The molecule has 4 N–H and O–H groups in total. The number of amides is 3. The van der Waals surface area contributed by atoms with Crippen LogP contribution in [0.15, 0.2) is 18.2 Å². The van der Waals surface area contributed by atoms with Crippen LogP contribution in [0.1, 0.15) is 16.8 Å². The number of nitrogens with two attached hydrogens (primary N) is 1. The van der Waals surface area contributed by atoms with Gasteiger partial charge in [-0.3, -0.25) is 10.1 Å². The van der Waals surface area contributed by atoms with Crippen LogP contribution in [-0.4, -0.2) is 29.6 Å². The number of hydrogen-bond donors (Lipinski definition) is 3. The molecule has 0 radical (unpaired) electrons. The van der Waals surface area contributed by atoms with Crippen molar-refractivity contribution in [2.24, 2.45) is 5.73 Å². The van der Waals surface area contributed by atoms with Crippen LogP contribution in [0.4, 0.5) is 4.79 Å². The van der Waals surface area contributed by atoms with Crippen molar-refractivity contribution in [3.05, 3.63) is 28.8 Å². The Kier molecular flexibility index (Phi) is 5.13. The third-order valence-electron chi connectivity index (χ3n) is 2.02. The molecule has 0 aliphatic rings. The van der Waals surface area contributed by atoms with Crippen LogP contribution in [0.3, 0.4) is 0 Å². The summed E-state index contributed by atoms with van der Waals surface area (Å²) in [5.74, 6) is -1.74. The van der Waals surface area contributed by atoms with Crippen molar-refractivity contribution in [3.8, 4) is 5.75 Å². The van der Waals surface area contributed by atoms with Crippen LogP contribution < -0.4 is 15.8 Å². The molecular weight excluding hydrogens is 276 g/mol. The fourth-order valence-corrected chi connectivity index (χ4v) is 1.41. The van der Waals surface area contributed by atoms with Crippen molar-refractivity contribution in [1.29, 1.82) is 0 Å². The number of primary amides is 1. The number of carbonyl (C=O) groups is 3. The molecule has 0 saturated carbocycles. The molecule has 7 nitrogen and oxygen atoms in total. The van der Waals surface area contributed by atoms with E-state index in [1.54, 1.807) is 0 Å². The molecule has 8 heteroatoms. The molecule has 1 rings (SSSR count). The summed E-state index contributed by atoms with van der Waals surface area (Å²) in [6.45, 7) is -0.111. The summed E-state index contributed by atoms with van der Waals surface area (Å²) >= 11 is 5.72. The highest BCUT2D eigenvalue weighted by Gasteiger charge is 2.12. The van der Waals surface area contributed by atoms with Gasteiger partial charge in [0.25, 0.3) is 0 Å². The Morgan fingerprint density at radius 2 is 2.05 bits per heavy atom. The zero-order chi connectivity index (χ0) is 14.4. The number of imide groups is 1. The number of ether oxygens (including phenoxy) is 1. The first-order valence-corrected chi connectivity index (χ1v) is 5.53. The van der Waals surface area contributed by atoms with Gasteiger partial charge in [0.1, 0.15) is 11.3 Å². The molecule has 0 unspecified atom stereocenters. The largest absolute Gasteiger partial charge is 0.492 e. The zero-order valence-electron chi connectivity index (χ0n) is 9.68. The second-order valence-electron chi connectivity index (χ2n) is 3.46. The van der Waals surface area contributed by atoms with Crippen LogP contribution in [0.5, 0.6) is 5.75 Å². The summed E-state index contributed by atoms with van der Waals surface area (Å²) in [5.41, 5.74) is 4.68. The topological polar surface area (TPSA) is 119 Å².